The highest BCUT2D eigenvalue weighted by atomic mass is 35.5. The average Bonchev–Trinajstić information content (AvgIpc) is 2.57. The Bertz CT molecular complexity index is 749. The third-order valence-corrected chi connectivity index (χ3v) is 3.79. The quantitative estimate of drug-likeness (QED) is 0.723. The smallest absolute Gasteiger partial charge is 0.417 e. The molecule has 140 valence electrons. The Labute approximate surface area is 154 Å². The lowest BCUT2D eigenvalue weighted by Gasteiger charge is -2.12. The largest absolute Gasteiger partial charge is 0.494 e. The van der Waals surface area contributed by atoms with Crippen LogP contribution in [0.3, 0.4) is 0 Å². The van der Waals surface area contributed by atoms with Crippen LogP contribution in [-0.4, -0.2) is 19.2 Å². The lowest BCUT2D eigenvalue weighted by atomic mass is 10.1. The van der Waals surface area contributed by atoms with Crippen LogP contribution in [0.15, 0.2) is 42.5 Å². The highest BCUT2D eigenvalue weighted by molar-refractivity contribution is 6.31. The topological polar surface area (TPSA) is 50.4 Å². The van der Waals surface area contributed by atoms with Gasteiger partial charge in [-0.05, 0) is 49.2 Å². The second-order valence-electron chi connectivity index (χ2n) is 5.40. The highest BCUT2D eigenvalue weighted by Crippen LogP contribution is 2.36. The normalized spacial score (nSPS) is 11.1. The molecule has 0 aliphatic carbocycles. The number of ether oxygens (including phenoxy) is 1. The number of benzene rings is 2. The summed E-state index contributed by atoms with van der Waals surface area (Å²) in [4.78, 5) is 11.8. The van der Waals surface area contributed by atoms with E-state index < -0.39 is 22.8 Å². The molecule has 0 spiro atoms. The average molecular weight is 387 g/mol. The Kier molecular flexibility index (Phi) is 6.74. The summed E-state index contributed by atoms with van der Waals surface area (Å²) in [6.07, 6.45) is -4.01. The second kappa shape index (κ2) is 8.80. The van der Waals surface area contributed by atoms with Crippen LogP contribution in [0.1, 0.15) is 18.1 Å². The third-order valence-electron chi connectivity index (χ3n) is 3.46. The molecule has 0 bridgehead atoms. The van der Waals surface area contributed by atoms with E-state index in [2.05, 4.69) is 10.6 Å². The van der Waals surface area contributed by atoms with Crippen molar-refractivity contribution in [1.29, 1.82) is 0 Å². The Balaban J connectivity index is 1.85. The van der Waals surface area contributed by atoms with Gasteiger partial charge in [0, 0.05) is 12.2 Å². The van der Waals surface area contributed by atoms with Crippen molar-refractivity contribution < 1.29 is 22.7 Å². The van der Waals surface area contributed by atoms with Crippen molar-refractivity contribution in [2.45, 2.75) is 19.5 Å². The van der Waals surface area contributed by atoms with Crippen LogP contribution in [0.25, 0.3) is 0 Å². The number of alkyl halides is 3. The standard InChI is InChI=1S/C18H18ClF3N2O2/c1-2-26-14-6-3-12(4-7-14)9-10-23-17(25)24-13-5-8-16(19)15(11-13)18(20,21)22/h3-8,11H,2,9-10H2,1H3,(H2,23,24,25). The summed E-state index contributed by atoms with van der Waals surface area (Å²) in [7, 11) is 0. The Hall–Kier alpha value is -2.41. The van der Waals surface area contributed by atoms with E-state index in [1.807, 2.05) is 31.2 Å². The van der Waals surface area contributed by atoms with Gasteiger partial charge < -0.3 is 15.4 Å². The molecule has 4 nitrogen and oxygen atoms in total. The molecular weight excluding hydrogens is 369 g/mol. The number of halogens is 4. The SMILES string of the molecule is CCOc1ccc(CCNC(=O)Nc2ccc(Cl)c(C(F)(F)F)c2)cc1. The minimum atomic E-state index is -4.58. The van der Waals surface area contributed by atoms with Gasteiger partial charge in [0.1, 0.15) is 5.75 Å². The first-order valence-corrected chi connectivity index (χ1v) is 8.30. The summed E-state index contributed by atoms with van der Waals surface area (Å²) in [5, 5.41) is 4.54. The first-order chi connectivity index (χ1) is 12.3. The number of hydrogen-bond acceptors (Lipinski definition) is 2. The van der Waals surface area contributed by atoms with Crippen molar-refractivity contribution in [2.24, 2.45) is 0 Å². The molecular formula is C18H18ClF3N2O2. The number of carbonyl (C=O) groups excluding carboxylic acids is 1. The summed E-state index contributed by atoms with van der Waals surface area (Å²) >= 11 is 5.54. The fourth-order valence-electron chi connectivity index (χ4n) is 2.23. The number of urea groups is 1. The first-order valence-electron chi connectivity index (χ1n) is 7.93. The van der Waals surface area contributed by atoms with Crippen LogP contribution in [0.5, 0.6) is 5.75 Å². The van der Waals surface area contributed by atoms with E-state index in [9.17, 15) is 18.0 Å². The van der Waals surface area contributed by atoms with E-state index in [4.69, 9.17) is 16.3 Å². The fraction of sp³-hybridized carbons (Fsp3) is 0.278. The molecule has 2 N–H and O–H groups in total. The van der Waals surface area contributed by atoms with Crippen LogP contribution >= 0.6 is 11.6 Å². The van der Waals surface area contributed by atoms with Crippen LogP contribution in [0, 0.1) is 0 Å². The molecule has 2 amide bonds. The Morgan fingerprint density at radius 1 is 1.15 bits per heavy atom. The van der Waals surface area contributed by atoms with Crippen LogP contribution in [-0.2, 0) is 12.6 Å². The molecule has 0 fully saturated rings. The van der Waals surface area contributed by atoms with Gasteiger partial charge in [0.05, 0.1) is 17.2 Å². The molecule has 0 saturated carbocycles. The van der Waals surface area contributed by atoms with E-state index in [0.717, 1.165) is 23.4 Å². The molecule has 26 heavy (non-hydrogen) atoms. The van der Waals surface area contributed by atoms with Crippen molar-refractivity contribution in [3.63, 3.8) is 0 Å². The molecule has 0 aliphatic rings. The first kappa shape index (κ1) is 19.9. The molecule has 0 saturated heterocycles. The highest BCUT2D eigenvalue weighted by Gasteiger charge is 2.33. The molecule has 0 unspecified atom stereocenters. The lowest BCUT2D eigenvalue weighted by Crippen LogP contribution is -2.30. The predicted octanol–water partition coefficient (Wildman–Crippen LogP) is 5.12. The van der Waals surface area contributed by atoms with E-state index in [-0.39, 0.29) is 5.69 Å². The molecule has 2 aromatic rings. The number of nitrogens with one attached hydrogen (secondary N) is 2. The summed E-state index contributed by atoms with van der Waals surface area (Å²) < 4.78 is 43.8. The maximum Gasteiger partial charge on any atom is 0.417 e. The van der Waals surface area contributed by atoms with Gasteiger partial charge in [-0.25, -0.2) is 4.79 Å². The van der Waals surface area contributed by atoms with E-state index in [0.29, 0.717) is 19.6 Å². The van der Waals surface area contributed by atoms with Gasteiger partial charge in [-0.3, -0.25) is 0 Å². The minimum Gasteiger partial charge on any atom is -0.494 e. The van der Waals surface area contributed by atoms with E-state index in [1.165, 1.54) is 6.07 Å². The molecule has 0 atom stereocenters. The van der Waals surface area contributed by atoms with Gasteiger partial charge in [0.15, 0.2) is 0 Å². The van der Waals surface area contributed by atoms with Crippen LogP contribution in [0.4, 0.5) is 23.7 Å². The van der Waals surface area contributed by atoms with Crippen LogP contribution < -0.4 is 15.4 Å². The number of carbonyl (C=O) groups is 1. The summed E-state index contributed by atoms with van der Waals surface area (Å²) in [5.41, 5.74) is 0.0197. The van der Waals surface area contributed by atoms with Crippen molar-refractivity contribution in [1.82, 2.24) is 5.32 Å². The molecule has 2 aromatic carbocycles. The monoisotopic (exact) mass is 386 g/mol. The number of hydrogen-bond donors (Lipinski definition) is 2. The van der Waals surface area contributed by atoms with Crippen molar-refractivity contribution in [3.05, 3.63) is 58.6 Å². The second-order valence-corrected chi connectivity index (χ2v) is 5.81. The van der Waals surface area contributed by atoms with Crippen molar-refractivity contribution in [2.75, 3.05) is 18.5 Å². The summed E-state index contributed by atoms with van der Waals surface area (Å²) in [5.74, 6) is 0.769. The predicted molar refractivity (Wildman–Crippen MR) is 94.8 cm³/mol. The van der Waals surface area contributed by atoms with E-state index >= 15 is 0 Å². The zero-order valence-corrected chi connectivity index (χ0v) is 14.7. The summed E-state index contributed by atoms with van der Waals surface area (Å²) in [6, 6.07) is 10.1. The third kappa shape index (κ3) is 5.84. The van der Waals surface area contributed by atoms with Gasteiger partial charge in [-0.15, -0.1) is 0 Å². The zero-order chi connectivity index (χ0) is 19.2. The zero-order valence-electron chi connectivity index (χ0n) is 14.0. The van der Waals surface area contributed by atoms with Gasteiger partial charge in [0.2, 0.25) is 0 Å². The maximum absolute atomic E-state index is 12.8. The van der Waals surface area contributed by atoms with Crippen molar-refractivity contribution >= 4 is 23.3 Å². The van der Waals surface area contributed by atoms with Gasteiger partial charge in [-0.1, -0.05) is 23.7 Å². The van der Waals surface area contributed by atoms with Crippen LogP contribution in [0.2, 0.25) is 5.02 Å². The van der Waals surface area contributed by atoms with Gasteiger partial charge in [-0.2, -0.15) is 13.2 Å². The van der Waals surface area contributed by atoms with Gasteiger partial charge >= 0.3 is 12.2 Å². The Morgan fingerprint density at radius 2 is 1.85 bits per heavy atom. The fourth-order valence-corrected chi connectivity index (χ4v) is 2.46. The molecule has 2 rings (SSSR count). The number of anilines is 1. The number of rotatable bonds is 6. The molecule has 0 aliphatic heterocycles. The van der Waals surface area contributed by atoms with Gasteiger partial charge in [0.25, 0.3) is 0 Å². The lowest BCUT2D eigenvalue weighted by molar-refractivity contribution is -0.137. The molecule has 0 radical (unpaired) electrons. The molecule has 0 heterocycles. The van der Waals surface area contributed by atoms with Crippen molar-refractivity contribution in [3.8, 4) is 5.75 Å². The summed E-state index contributed by atoms with van der Waals surface area (Å²) in [6.45, 7) is 2.82. The van der Waals surface area contributed by atoms with E-state index in [1.54, 1.807) is 0 Å². The minimum absolute atomic E-state index is 0.0142. The Morgan fingerprint density at radius 3 is 2.46 bits per heavy atom. The number of amides is 2. The maximum atomic E-state index is 12.8. The molecule has 8 heteroatoms. The molecule has 0 aromatic heterocycles.